The highest BCUT2D eigenvalue weighted by Crippen LogP contribution is 2.27. The Bertz CT molecular complexity index is 1000. The number of benzene rings is 2. The molecule has 1 N–H and O–H groups in total. The van der Waals surface area contributed by atoms with Gasteiger partial charge in [0.1, 0.15) is 16.5 Å². The lowest BCUT2D eigenvalue weighted by Crippen LogP contribution is -2.14. The summed E-state index contributed by atoms with van der Waals surface area (Å²) in [6, 6.07) is 12.1. The summed E-state index contributed by atoms with van der Waals surface area (Å²) in [6.45, 7) is 1.62. The molecule has 0 unspecified atom stereocenters. The third-order valence-electron chi connectivity index (χ3n) is 3.25. The Balaban J connectivity index is 1.94. The first kappa shape index (κ1) is 16.5. The van der Waals surface area contributed by atoms with Gasteiger partial charge in [0.25, 0.3) is 10.0 Å². The maximum absolute atomic E-state index is 14.3. The fraction of sp³-hybridized carbons (Fsp3) is 0.0625. The monoisotopic (exact) mass is 366 g/mol. The number of aromatic nitrogens is 1. The molecular formula is C16H12ClFN2O3S. The molecule has 2 aromatic carbocycles. The maximum Gasteiger partial charge on any atom is 0.266 e. The Hall–Kier alpha value is -2.38. The SMILES string of the molecule is Cc1cc(NS(=O)(=O)c2ccc(-c3cccc(Cl)c3)cc2F)no1. The summed E-state index contributed by atoms with van der Waals surface area (Å²) >= 11 is 5.92. The van der Waals surface area contributed by atoms with Gasteiger partial charge in [-0.1, -0.05) is 35.0 Å². The highest BCUT2D eigenvalue weighted by molar-refractivity contribution is 7.92. The molecule has 1 aromatic heterocycles. The van der Waals surface area contributed by atoms with E-state index in [1.54, 1.807) is 31.2 Å². The summed E-state index contributed by atoms with van der Waals surface area (Å²) in [4.78, 5) is -0.478. The van der Waals surface area contributed by atoms with Crippen LogP contribution in [0.15, 0.2) is 57.9 Å². The molecule has 0 atom stereocenters. The molecule has 24 heavy (non-hydrogen) atoms. The highest BCUT2D eigenvalue weighted by Gasteiger charge is 2.21. The molecule has 0 saturated carbocycles. The number of halogens is 2. The Morgan fingerprint density at radius 2 is 1.88 bits per heavy atom. The van der Waals surface area contributed by atoms with E-state index in [4.69, 9.17) is 16.1 Å². The van der Waals surface area contributed by atoms with Crippen molar-refractivity contribution < 1.29 is 17.3 Å². The summed E-state index contributed by atoms with van der Waals surface area (Å²) in [5.41, 5.74) is 1.21. The number of nitrogens with zero attached hydrogens (tertiary/aromatic N) is 1. The van der Waals surface area contributed by atoms with E-state index in [0.29, 0.717) is 21.9 Å². The number of nitrogens with one attached hydrogen (secondary N) is 1. The fourth-order valence-corrected chi connectivity index (χ4v) is 3.41. The number of rotatable bonds is 4. The van der Waals surface area contributed by atoms with E-state index in [0.717, 1.165) is 6.07 Å². The quantitative estimate of drug-likeness (QED) is 0.749. The second kappa shape index (κ2) is 6.26. The predicted molar refractivity (Wildman–Crippen MR) is 88.9 cm³/mol. The average molecular weight is 367 g/mol. The number of sulfonamides is 1. The summed E-state index contributed by atoms with van der Waals surface area (Å²) in [6.07, 6.45) is 0. The zero-order chi connectivity index (χ0) is 17.3. The van der Waals surface area contributed by atoms with Gasteiger partial charge in [-0.3, -0.25) is 4.72 Å². The highest BCUT2D eigenvalue weighted by atomic mass is 35.5. The van der Waals surface area contributed by atoms with Crippen LogP contribution in [-0.4, -0.2) is 13.6 Å². The van der Waals surface area contributed by atoms with Gasteiger partial charge in [0.2, 0.25) is 0 Å². The lowest BCUT2D eigenvalue weighted by atomic mass is 10.1. The summed E-state index contributed by atoms with van der Waals surface area (Å²) in [5.74, 6) is -0.449. The number of hydrogen-bond acceptors (Lipinski definition) is 4. The van der Waals surface area contributed by atoms with Gasteiger partial charge < -0.3 is 4.52 Å². The van der Waals surface area contributed by atoms with E-state index in [1.165, 1.54) is 18.2 Å². The molecule has 0 radical (unpaired) electrons. The second-order valence-corrected chi connectivity index (χ2v) is 7.17. The van der Waals surface area contributed by atoms with Crippen molar-refractivity contribution in [3.63, 3.8) is 0 Å². The average Bonchev–Trinajstić information content (AvgIpc) is 2.91. The van der Waals surface area contributed by atoms with Gasteiger partial charge in [0.15, 0.2) is 5.82 Å². The smallest absolute Gasteiger partial charge is 0.266 e. The van der Waals surface area contributed by atoms with Gasteiger partial charge >= 0.3 is 0 Å². The van der Waals surface area contributed by atoms with Crippen molar-refractivity contribution in [3.8, 4) is 11.1 Å². The summed E-state index contributed by atoms with van der Waals surface area (Å²) in [7, 11) is -4.11. The van der Waals surface area contributed by atoms with Crippen LogP contribution >= 0.6 is 11.6 Å². The van der Waals surface area contributed by atoms with Crippen LogP contribution in [0.25, 0.3) is 11.1 Å². The van der Waals surface area contributed by atoms with Gasteiger partial charge in [-0.25, -0.2) is 12.8 Å². The Labute approximate surface area is 143 Å². The predicted octanol–water partition coefficient (Wildman–Crippen LogP) is 4.24. The van der Waals surface area contributed by atoms with Crippen LogP contribution in [0.4, 0.5) is 10.2 Å². The van der Waals surface area contributed by atoms with Gasteiger partial charge in [0, 0.05) is 11.1 Å². The van der Waals surface area contributed by atoms with Crippen molar-refractivity contribution in [1.29, 1.82) is 0 Å². The third-order valence-corrected chi connectivity index (χ3v) is 4.87. The molecule has 0 saturated heterocycles. The van der Waals surface area contributed by atoms with Crippen LogP contribution in [0.2, 0.25) is 5.02 Å². The molecule has 1 heterocycles. The van der Waals surface area contributed by atoms with Crippen LogP contribution in [-0.2, 0) is 10.0 Å². The molecular weight excluding hydrogens is 355 g/mol. The zero-order valence-electron chi connectivity index (χ0n) is 12.5. The molecule has 3 aromatic rings. The Morgan fingerprint density at radius 3 is 2.50 bits per heavy atom. The topological polar surface area (TPSA) is 72.2 Å². The second-order valence-electron chi connectivity index (χ2n) is 5.08. The fourth-order valence-electron chi connectivity index (χ4n) is 2.17. The van der Waals surface area contributed by atoms with Crippen LogP contribution in [0.3, 0.4) is 0 Å². The number of hydrogen-bond donors (Lipinski definition) is 1. The summed E-state index contributed by atoms with van der Waals surface area (Å²) in [5, 5.41) is 4.04. The van der Waals surface area contributed by atoms with E-state index in [9.17, 15) is 12.8 Å². The molecule has 3 rings (SSSR count). The standard InChI is InChI=1S/C16H12ClFN2O3S/c1-10-7-16(19-23-10)20-24(21,22)15-6-5-12(9-14(15)18)11-3-2-4-13(17)8-11/h2-9H,1H3,(H,19,20). The van der Waals surface area contributed by atoms with Gasteiger partial charge in [-0.2, -0.15) is 0 Å². The number of aryl methyl sites for hydroxylation is 1. The normalized spacial score (nSPS) is 11.5. The first-order valence-corrected chi connectivity index (χ1v) is 8.73. The largest absolute Gasteiger partial charge is 0.360 e. The molecule has 5 nitrogen and oxygen atoms in total. The Kier molecular flexibility index (Phi) is 4.29. The van der Waals surface area contributed by atoms with Gasteiger partial charge in [-0.05, 0) is 42.3 Å². The molecule has 0 spiro atoms. The van der Waals surface area contributed by atoms with Crippen molar-refractivity contribution in [2.24, 2.45) is 0 Å². The molecule has 8 heteroatoms. The molecule has 0 aliphatic carbocycles. The van der Waals surface area contributed by atoms with Crippen molar-refractivity contribution in [2.75, 3.05) is 4.72 Å². The minimum atomic E-state index is -4.11. The van der Waals surface area contributed by atoms with Crippen molar-refractivity contribution in [1.82, 2.24) is 5.16 Å². The number of anilines is 1. The van der Waals surface area contributed by atoms with E-state index < -0.39 is 20.7 Å². The van der Waals surface area contributed by atoms with Crippen molar-refractivity contribution in [3.05, 3.63) is 65.1 Å². The van der Waals surface area contributed by atoms with Gasteiger partial charge in [-0.15, -0.1) is 0 Å². The molecule has 0 aliphatic heterocycles. The first-order chi connectivity index (χ1) is 11.3. The zero-order valence-corrected chi connectivity index (χ0v) is 14.0. The van der Waals surface area contributed by atoms with E-state index >= 15 is 0 Å². The molecule has 124 valence electrons. The minimum Gasteiger partial charge on any atom is -0.360 e. The first-order valence-electron chi connectivity index (χ1n) is 6.87. The molecule has 0 fully saturated rings. The lowest BCUT2D eigenvalue weighted by molar-refractivity contribution is 0.400. The molecule has 0 amide bonds. The third kappa shape index (κ3) is 3.42. The summed E-state index contributed by atoms with van der Waals surface area (Å²) < 4.78 is 45.9. The van der Waals surface area contributed by atoms with Crippen LogP contribution in [0.1, 0.15) is 5.76 Å². The van der Waals surface area contributed by atoms with Crippen LogP contribution in [0, 0.1) is 12.7 Å². The van der Waals surface area contributed by atoms with Crippen molar-refractivity contribution in [2.45, 2.75) is 11.8 Å². The van der Waals surface area contributed by atoms with E-state index in [-0.39, 0.29) is 5.82 Å². The van der Waals surface area contributed by atoms with E-state index in [2.05, 4.69) is 9.88 Å². The van der Waals surface area contributed by atoms with E-state index in [1.807, 2.05) is 0 Å². The minimum absolute atomic E-state index is 0.00850. The lowest BCUT2D eigenvalue weighted by Gasteiger charge is -2.08. The maximum atomic E-state index is 14.3. The van der Waals surface area contributed by atoms with Crippen molar-refractivity contribution >= 4 is 27.4 Å². The molecule has 0 bridgehead atoms. The Morgan fingerprint density at radius 1 is 1.12 bits per heavy atom. The van der Waals surface area contributed by atoms with Crippen LogP contribution < -0.4 is 4.72 Å². The van der Waals surface area contributed by atoms with Gasteiger partial charge in [0.05, 0.1) is 0 Å². The molecule has 0 aliphatic rings. The van der Waals surface area contributed by atoms with Crippen LogP contribution in [0.5, 0.6) is 0 Å².